The Labute approximate surface area is 102 Å². The Morgan fingerprint density at radius 3 is 2.94 bits per heavy atom. The van der Waals surface area contributed by atoms with Crippen LogP contribution in [0.25, 0.3) is 0 Å². The molecule has 0 bridgehead atoms. The maximum absolute atomic E-state index is 12.1. The van der Waals surface area contributed by atoms with Crippen molar-refractivity contribution in [3.05, 3.63) is 33.0 Å². The van der Waals surface area contributed by atoms with Gasteiger partial charge in [0.25, 0.3) is 0 Å². The van der Waals surface area contributed by atoms with Crippen LogP contribution in [-0.4, -0.2) is 20.5 Å². The molecule has 2 heterocycles. The number of carbonyl (C=O) groups is 1. The third kappa shape index (κ3) is 1.88. The van der Waals surface area contributed by atoms with Gasteiger partial charge in [-0.1, -0.05) is 11.6 Å². The van der Waals surface area contributed by atoms with E-state index in [0.29, 0.717) is 23.0 Å². The molecule has 6 heteroatoms. The minimum Gasteiger partial charge on any atom is -0.285 e. The number of aromatic nitrogens is 3. The molecule has 0 saturated carbocycles. The SMILES string of the molecule is CCn1ncc(Cl)c1C(=O)c1csc(C)n1. The largest absolute Gasteiger partial charge is 0.285 e. The van der Waals surface area contributed by atoms with Crippen LogP contribution in [0, 0.1) is 6.92 Å². The highest BCUT2D eigenvalue weighted by Crippen LogP contribution is 2.20. The highest BCUT2D eigenvalue weighted by Gasteiger charge is 2.20. The van der Waals surface area contributed by atoms with Crippen molar-refractivity contribution in [3.8, 4) is 0 Å². The molecule has 4 nitrogen and oxygen atoms in total. The zero-order valence-corrected chi connectivity index (χ0v) is 10.5. The summed E-state index contributed by atoms with van der Waals surface area (Å²) in [5.41, 5.74) is 0.842. The van der Waals surface area contributed by atoms with Crippen LogP contribution in [0.2, 0.25) is 5.02 Å². The van der Waals surface area contributed by atoms with Crippen molar-refractivity contribution in [2.45, 2.75) is 20.4 Å². The van der Waals surface area contributed by atoms with Crippen molar-refractivity contribution in [3.63, 3.8) is 0 Å². The van der Waals surface area contributed by atoms with Crippen LogP contribution in [0.5, 0.6) is 0 Å². The number of nitrogens with zero attached hydrogens (tertiary/aromatic N) is 3. The van der Waals surface area contributed by atoms with Gasteiger partial charge in [-0.05, 0) is 13.8 Å². The Morgan fingerprint density at radius 2 is 2.38 bits per heavy atom. The first-order valence-electron chi connectivity index (χ1n) is 4.81. The molecule has 0 radical (unpaired) electrons. The molecule has 0 aliphatic rings. The number of aryl methyl sites for hydroxylation is 2. The number of ketones is 1. The van der Waals surface area contributed by atoms with Crippen molar-refractivity contribution in [2.24, 2.45) is 0 Å². The Kier molecular flexibility index (Phi) is 3.07. The maximum atomic E-state index is 12.1. The van der Waals surface area contributed by atoms with Gasteiger partial charge < -0.3 is 0 Å². The van der Waals surface area contributed by atoms with Gasteiger partial charge in [-0.15, -0.1) is 11.3 Å². The lowest BCUT2D eigenvalue weighted by atomic mass is 10.2. The zero-order chi connectivity index (χ0) is 11.7. The topological polar surface area (TPSA) is 47.8 Å². The first-order chi connectivity index (χ1) is 7.63. The number of hydrogen-bond acceptors (Lipinski definition) is 4. The van der Waals surface area contributed by atoms with E-state index < -0.39 is 0 Å². The second-order valence-corrected chi connectivity index (χ2v) is 4.71. The number of halogens is 1. The molecular weight excluding hydrogens is 246 g/mol. The van der Waals surface area contributed by atoms with Gasteiger partial charge in [0, 0.05) is 11.9 Å². The normalized spacial score (nSPS) is 10.7. The molecule has 0 atom stereocenters. The Morgan fingerprint density at radius 1 is 1.62 bits per heavy atom. The molecule has 0 aliphatic heterocycles. The minimum atomic E-state index is -0.172. The molecule has 0 aromatic carbocycles. The molecule has 0 unspecified atom stereocenters. The minimum absolute atomic E-state index is 0.172. The monoisotopic (exact) mass is 255 g/mol. The standard InChI is InChI=1S/C10H10ClN3OS/c1-3-14-9(7(11)4-12-14)10(15)8-5-16-6(2)13-8/h4-5H,3H2,1-2H3. The average Bonchev–Trinajstić information content (AvgIpc) is 2.83. The van der Waals surface area contributed by atoms with Crippen molar-refractivity contribution in [1.29, 1.82) is 0 Å². The van der Waals surface area contributed by atoms with Crippen LogP contribution in [0.15, 0.2) is 11.6 Å². The number of thiazole rings is 1. The van der Waals surface area contributed by atoms with Crippen LogP contribution in [0.3, 0.4) is 0 Å². The lowest BCUT2D eigenvalue weighted by Gasteiger charge is -2.02. The molecule has 16 heavy (non-hydrogen) atoms. The fourth-order valence-electron chi connectivity index (χ4n) is 1.42. The van der Waals surface area contributed by atoms with Gasteiger partial charge in [-0.25, -0.2) is 4.98 Å². The third-order valence-electron chi connectivity index (χ3n) is 2.16. The van der Waals surface area contributed by atoms with Crippen molar-refractivity contribution >= 4 is 28.7 Å². The van der Waals surface area contributed by atoms with Gasteiger partial charge in [-0.2, -0.15) is 5.10 Å². The molecule has 0 saturated heterocycles. The summed E-state index contributed by atoms with van der Waals surface area (Å²) in [5.74, 6) is -0.172. The molecular formula is C10H10ClN3OS. The summed E-state index contributed by atoms with van der Waals surface area (Å²) in [4.78, 5) is 16.3. The van der Waals surface area contributed by atoms with Gasteiger partial charge in [-0.3, -0.25) is 9.48 Å². The summed E-state index contributed by atoms with van der Waals surface area (Å²) in [6.45, 7) is 4.38. The first kappa shape index (κ1) is 11.3. The molecule has 0 spiro atoms. The quantitative estimate of drug-likeness (QED) is 0.792. The van der Waals surface area contributed by atoms with E-state index in [1.807, 2.05) is 13.8 Å². The number of hydrogen-bond donors (Lipinski definition) is 0. The molecule has 0 aliphatic carbocycles. The third-order valence-corrected chi connectivity index (χ3v) is 3.21. The van der Waals surface area contributed by atoms with Crippen LogP contribution in [0.1, 0.15) is 28.1 Å². The van der Waals surface area contributed by atoms with Gasteiger partial charge in [0.1, 0.15) is 11.4 Å². The first-order valence-corrected chi connectivity index (χ1v) is 6.07. The summed E-state index contributed by atoms with van der Waals surface area (Å²) in [6, 6.07) is 0. The number of carbonyl (C=O) groups excluding carboxylic acids is 1. The lowest BCUT2D eigenvalue weighted by Crippen LogP contribution is -2.11. The predicted octanol–water partition coefficient (Wildman–Crippen LogP) is 2.55. The van der Waals surface area contributed by atoms with Gasteiger partial charge in [0.15, 0.2) is 0 Å². The Balaban J connectivity index is 2.44. The van der Waals surface area contributed by atoms with E-state index in [4.69, 9.17) is 11.6 Å². The Bertz CT molecular complexity index is 532. The van der Waals surface area contributed by atoms with Crippen LogP contribution in [-0.2, 0) is 6.54 Å². The summed E-state index contributed by atoms with van der Waals surface area (Å²) in [6.07, 6.45) is 1.48. The van der Waals surface area contributed by atoms with E-state index in [9.17, 15) is 4.79 Å². The van der Waals surface area contributed by atoms with E-state index in [1.54, 1.807) is 10.1 Å². The molecule has 0 N–H and O–H groups in total. The molecule has 2 rings (SSSR count). The summed E-state index contributed by atoms with van der Waals surface area (Å²) < 4.78 is 1.58. The highest BCUT2D eigenvalue weighted by atomic mass is 35.5. The van der Waals surface area contributed by atoms with Crippen LogP contribution in [0.4, 0.5) is 0 Å². The maximum Gasteiger partial charge on any atom is 0.231 e. The van der Waals surface area contributed by atoms with Crippen LogP contribution >= 0.6 is 22.9 Å². The summed E-state index contributed by atoms with van der Waals surface area (Å²) in [7, 11) is 0. The van der Waals surface area contributed by atoms with E-state index in [-0.39, 0.29) is 5.78 Å². The summed E-state index contributed by atoms with van der Waals surface area (Å²) >= 11 is 7.39. The van der Waals surface area contributed by atoms with Crippen molar-refractivity contribution in [1.82, 2.24) is 14.8 Å². The van der Waals surface area contributed by atoms with Gasteiger partial charge in [0.2, 0.25) is 5.78 Å². The van der Waals surface area contributed by atoms with Gasteiger partial charge >= 0.3 is 0 Å². The fourth-order valence-corrected chi connectivity index (χ4v) is 2.24. The molecule has 84 valence electrons. The lowest BCUT2D eigenvalue weighted by molar-refractivity contribution is 0.102. The molecule has 2 aromatic rings. The van der Waals surface area contributed by atoms with Crippen molar-refractivity contribution < 1.29 is 4.79 Å². The van der Waals surface area contributed by atoms with Crippen molar-refractivity contribution in [2.75, 3.05) is 0 Å². The summed E-state index contributed by atoms with van der Waals surface area (Å²) in [5, 5.41) is 7.00. The Hall–Kier alpha value is -1.20. The molecule has 0 amide bonds. The van der Waals surface area contributed by atoms with E-state index in [1.165, 1.54) is 17.5 Å². The number of rotatable bonds is 3. The second kappa shape index (κ2) is 4.35. The second-order valence-electron chi connectivity index (χ2n) is 3.24. The highest BCUT2D eigenvalue weighted by molar-refractivity contribution is 7.09. The fraction of sp³-hybridized carbons (Fsp3) is 0.300. The average molecular weight is 256 g/mol. The van der Waals surface area contributed by atoms with E-state index >= 15 is 0 Å². The van der Waals surface area contributed by atoms with E-state index in [2.05, 4.69) is 10.1 Å². The molecule has 0 fully saturated rings. The zero-order valence-electron chi connectivity index (χ0n) is 8.90. The smallest absolute Gasteiger partial charge is 0.231 e. The van der Waals surface area contributed by atoms with Gasteiger partial charge in [0.05, 0.1) is 16.2 Å². The van der Waals surface area contributed by atoms with E-state index in [0.717, 1.165) is 5.01 Å². The van der Waals surface area contributed by atoms with Crippen LogP contribution < -0.4 is 0 Å². The molecule has 2 aromatic heterocycles. The predicted molar refractivity (Wildman–Crippen MR) is 63.2 cm³/mol.